The molecule has 5 heteroatoms. The third kappa shape index (κ3) is 13.7. The van der Waals surface area contributed by atoms with Crippen molar-refractivity contribution in [1.82, 2.24) is 0 Å². The molecule has 0 aliphatic heterocycles. The van der Waals surface area contributed by atoms with Crippen LogP contribution in [0.3, 0.4) is 0 Å². The Morgan fingerprint density at radius 3 is 2.16 bits per heavy atom. The second kappa shape index (κ2) is 13.9. The van der Waals surface area contributed by atoms with Crippen molar-refractivity contribution >= 4 is 35.0 Å². The van der Waals surface area contributed by atoms with Crippen LogP contribution in [0, 0.1) is 0 Å². The average Bonchev–Trinajstić information content (AvgIpc) is 2.34. The van der Waals surface area contributed by atoms with E-state index < -0.39 is 5.97 Å². The predicted molar refractivity (Wildman–Crippen MR) is 78.1 cm³/mol. The minimum atomic E-state index is -1.07. The fourth-order valence-electron chi connectivity index (χ4n) is 1.49. The van der Waals surface area contributed by atoms with Crippen LogP contribution in [0.4, 0.5) is 0 Å². The van der Waals surface area contributed by atoms with Gasteiger partial charge in [0.2, 0.25) is 0 Å². The molecular weight excluding hydrogens is 256 g/mol. The van der Waals surface area contributed by atoms with Crippen molar-refractivity contribution in [2.45, 2.75) is 65.2 Å². The molecule has 0 saturated heterocycles. The minimum Gasteiger partial charge on any atom is -1.00 e. The van der Waals surface area contributed by atoms with Gasteiger partial charge in [-0.25, -0.2) is 4.79 Å². The van der Waals surface area contributed by atoms with Crippen molar-refractivity contribution in [2.24, 2.45) is 0 Å². The number of carboxylic acids is 1. The first-order valence-corrected chi connectivity index (χ1v) is 6.67. The van der Waals surface area contributed by atoms with Crippen LogP contribution in [0.15, 0.2) is 11.8 Å². The predicted octanol–water partition coefficient (Wildman–Crippen LogP) is 3.50. The van der Waals surface area contributed by atoms with Crippen molar-refractivity contribution in [3.05, 3.63) is 11.8 Å². The maximum atomic E-state index is 11.2. The fraction of sp³-hybridized carbons (Fsp3) is 0.714. The maximum Gasteiger partial charge on any atom is 2.00 e. The molecule has 0 aromatic heterocycles. The van der Waals surface area contributed by atoms with Gasteiger partial charge in [-0.05, 0) is 13.3 Å². The van der Waals surface area contributed by atoms with Gasteiger partial charge in [0.15, 0.2) is 0 Å². The summed E-state index contributed by atoms with van der Waals surface area (Å²) in [5.41, 5.74) is 0.0305. The van der Waals surface area contributed by atoms with Crippen LogP contribution in [0.2, 0.25) is 0 Å². The largest absolute Gasteiger partial charge is 2.00 e. The van der Waals surface area contributed by atoms with E-state index in [0.29, 0.717) is 6.42 Å². The summed E-state index contributed by atoms with van der Waals surface area (Å²) in [7, 11) is 0. The van der Waals surface area contributed by atoms with Crippen molar-refractivity contribution in [2.75, 3.05) is 0 Å². The molecular formula is C14H26MgO4. The van der Waals surface area contributed by atoms with E-state index in [1.54, 1.807) is 0 Å². The Hall–Kier alpha value is -0.554. The van der Waals surface area contributed by atoms with Crippen LogP contribution in [0.5, 0.6) is 0 Å². The van der Waals surface area contributed by atoms with Gasteiger partial charge in [-0.3, -0.25) is 4.79 Å². The van der Waals surface area contributed by atoms with E-state index in [9.17, 15) is 9.59 Å². The molecule has 4 nitrogen and oxygen atoms in total. The van der Waals surface area contributed by atoms with Crippen molar-refractivity contribution in [3.63, 3.8) is 0 Å². The second-order valence-corrected chi connectivity index (χ2v) is 4.47. The number of rotatable bonds is 10. The number of hydrogen-bond acceptors (Lipinski definition) is 3. The number of aliphatic carboxylic acids is 1. The van der Waals surface area contributed by atoms with Gasteiger partial charge < -0.3 is 12.7 Å². The van der Waals surface area contributed by atoms with Gasteiger partial charge in [0.05, 0.1) is 5.57 Å². The zero-order chi connectivity index (χ0) is 13.8. The molecule has 0 amide bonds. The maximum absolute atomic E-state index is 11.2. The molecule has 0 unspecified atom stereocenters. The third-order valence-corrected chi connectivity index (χ3v) is 2.69. The number of carbonyl (C=O) groups is 2. The van der Waals surface area contributed by atoms with E-state index in [0.717, 1.165) is 25.5 Å². The Morgan fingerprint density at radius 1 is 1.11 bits per heavy atom. The first-order valence-electron chi connectivity index (χ1n) is 6.67. The molecule has 0 rings (SSSR count). The van der Waals surface area contributed by atoms with Gasteiger partial charge in [-0.1, -0.05) is 45.4 Å². The zero-order valence-electron chi connectivity index (χ0n) is 14.1. The Bertz CT molecular complexity index is 297. The molecule has 0 fully saturated rings. The van der Waals surface area contributed by atoms with E-state index in [1.165, 1.54) is 32.6 Å². The van der Waals surface area contributed by atoms with Crippen molar-refractivity contribution in [1.29, 1.82) is 0 Å². The third-order valence-electron chi connectivity index (χ3n) is 2.69. The Kier molecular flexibility index (Phi) is 15.2. The summed E-state index contributed by atoms with van der Waals surface area (Å²) in [4.78, 5) is 21.7. The molecule has 0 atom stereocenters. The number of carbonyl (C=O) groups excluding carboxylic acids is 1. The van der Waals surface area contributed by atoms with Gasteiger partial charge in [-0.2, -0.15) is 0 Å². The molecule has 0 heterocycles. The van der Waals surface area contributed by atoms with Gasteiger partial charge in [0, 0.05) is 6.42 Å². The zero-order valence-corrected chi connectivity index (χ0v) is 13.5. The molecule has 1 N–H and O–H groups in total. The Balaban J connectivity index is -0.000000482. The number of carboxylic acid groups (broad SMARTS) is 1. The number of esters is 1. The van der Waals surface area contributed by atoms with Crippen LogP contribution in [0.1, 0.15) is 68.1 Å². The quantitative estimate of drug-likeness (QED) is 0.219. The molecule has 0 spiro atoms. The SMILES string of the molecule is CCCCCCCCCC(=O)OC=C(C)C(=O)O.[H-].[H-].[Mg+2]. The van der Waals surface area contributed by atoms with Gasteiger partial charge >= 0.3 is 35.0 Å². The molecule has 0 aromatic rings. The molecule has 0 aliphatic carbocycles. The van der Waals surface area contributed by atoms with E-state index in [1.807, 2.05) is 0 Å². The number of unbranched alkanes of at least 4 members (excludes halogenated alkanes) is 6. The number of hydrogen-bond donors (Lipinski definition) is 1. The van der Waals surface area contributed by atoms with E-state index >= 15 is 0 Å². The van der Waals surface area contributed by atoms with E-state index in [4.69, 9.17) is 9.84 Å². The minimum absolute atomic E-state index is 0. The standard InChI is InChI=1S/C14H24O4.Mg.2H/c1-3-4-5-6-7-8-9-10-13(15)18-11-12(2)14(16)17;;;/h11H,3-10H2,1-2H3,(H,16,17);;;/q;+2;2*-1. The summed E-state index contributed by atoms with van der Waals surface area (Å²) >= 11 is 0. The van der Waals surface area contributed by atoms with Crippen molar-refractivity contribution in [3.8, 4) is 0 Å². The summed E-state index contributed by atoms with van der Waals surface area (Å²) in [6.45, 7) is 3.58. The fourth-order valence-corrected chi connectivity index (χ4v) is 1.49. The molecule has 0 aromatic carbocycles. The molecule has 0 saturated carbocycles. The van der Waals surface area contributed by atoms with E-state index in [-0.39, 0.29) is 37.4 Å². The van der Waals surface area contributed by atoms with Gasteiger partial charge in [0.1, 0.15) is 6.26 Å². The Morgan fingerprint density at radius 2 is 1.63 bits per heavy atom. The molecule has 0 bridgehead atoms. The van der Waals surface area contributed by atoms with Crippen molar-refractivity contribution < 1.29 is 22.3 Å². The van der Waals surface area contributed by atoms with E-state index in [2.05, 4.69) is 6.92 Å². The Labute approximate surface area is 134 Å². The van der Waals surface area contributed by atoms with Crippen LogP contribution in [0.25, 0.3) is 0 Å². The second-order valence-electron chi connectivity index (χ2n) is 4.47. The smallest absolute Gasteiger partial charge is 1.00 e. The summed E-state index contributed by atoms with van der Waals surface area (Å²) in [6.07, 6.45) is 9.36. The van der Waals surface area contributed by atoms with Crippen LogP contribution >= 0.6 is 0 Å². The summed E-state index contributed by atoms with van der Waals surface area (Å²) in [6, 6.07) is 0. The molecule has 0 aliphatic rings. The van der Waals surface area contributed by atoms with Crippen LogP contribution in [-0.4, -0.2) is 40.1 Å². The topological polar surface area (TPSA) is 63.6 Å². The molecule has 108 valence electrons. The van der Waals surface area contributed by atoms with Gasteiger partial charge in [-0.15, -0.1) is 0 Å². The van der Waals surface area contributed by atoms with Crippen LogP contribution < -0.4 is 0 Å². The van der Waals surface area contributed by atoms with Crippen LogP contribution in [-0.2, 0) is 14.3 Å². The normalized spacial score (nSPS) is 10.7. The van der Waals surface area contributed by atoms with Gasteiger partial charge in [0.25, 0.3) is 0 Å². The average molecular weight is 283 g/mol. The summed E-state index contributed by atoms with van der Waals surface area (Å²) < 4.78 is 4.73. The first-order chi connectivity index (χ1) is 8.57. The molecule has 0 radical (unpaired) electrons. The summed E-state index contributed by atoms with van der Waals surface area (Å²) in [5, 5.41) is 8.55. The molecule has 19 heavy (non-hydrogen) atoms. The number of ether oxygens (including phenoxy) is 1. The monoisotopic (exact) mass is 282 g/mol. The summed E-state index contributed by atoms with van der Waals surface area (Å²) in [5.74, 6) is -1.43. The first kappa shape index (κ1) is 20.8.